The molecule has 0 unspecified atom stereocenters. The van der Waals surface area contributed by atoms with E-state index in [1.54, 1.807) is 12.1 Å². The molecule has 0 atom stereocenters. The molecule has 1 fully saturated rings. The van der Waals surface area contributed by atoms with Crippen LogP contribution < -0.4 is 0 Å². The van der Waals surface area contributed by atoms with E-state index in [4.69, 9.17) is 11.6 Å². The maximum atomic E-state index is 13.9. The van der Waals surface area contributed by atoms with Gasteiger partial charge in [-0.25, -0.2) is 4.39 Å². The van der Waals surface area contributed by atoms with Gasteiger partial charge in [0.1, 0.15) is 5.82 Å². The van der Waals surface area contributed by atoms with Gasteiger partial charge in [0.2, 0.25) is 0 Å². The minimum Gasteiger partial charge on any atom is -0.207 e. The summed E-state index contributed by atoms with van der Waals surface area (Å²) in [6.45, 7) is 2.28. The van der Waals surface area contributed by atoms with Gasteiger partial charge in [0.05, 0.1) is 0 Å². The minimum absolute atomic E-state index is 0.199. The highest BCUT2D eigenvalue weighted by molar-refractivity contribution is 6.30. The summed E-state index contributed by atoms with van der Waals surface area (Å²) in [7, 11) is 0. The van der Waals surface area contributed by atoms with Crippen LogP contribution in [0, 0.1) is 11.7 Å². The summed E-state index contributed by atoms with van der Waals surface area (Å²) in [6.07, 6.45) is 12.6. The Kier molecular flexibility index (Phi) is 7.76. The Morgan fingerprint density at radius 3 is 2.33 bits per heavy atom. The van der Waals surface area contributed by atoms with Gasteiger partial charge in [0.25, 0.3) is 0 Å². The van der Waals surface area contributed by atoms with Crippen molar-refractivity contribution >= 4 is 11.6 Å². The number of halogens is 2. The first-order valence-corrected chi connectivity index (χ1v) is 11.1. The summed E-state index contributed by atoms with van der Waals surface area (Å²) in [5.41, 5.74) is 3.51. The van der Waals surface area contributed by atoms with E-state index in [0.29, 0.717) is 11.4 Å². The molecule has 1 aliphatic carbocycles. The lowest BCUT2D eigenvalue weighted by Gasteiger charge is -2.29. The van der Waals surface area contributed by atoms with E-state index in [9.17, 15) is 4.39 Å². The van der Waals surface area contributed by atoms with Crippen molar-refractivity contribution in [3.05, 3.63) is 70.0 Å². The van der Waals surface area contributed by atoms with E-state index in [-0.39, 0.29) is 5.82 Å². The zero-order valence-corrected chi connectivity index (χ0v) is 17.3. The topological polar surface area (TPSA) is 0 Å². The van der Waals surface area contributed by atoms with Crippen LogP contribution in [0.1, 0.15) is 80.9 Å². The molecule has 0 N–H and O–H groups in total. The van der Waals surface area contributed by atoms with E-state index in [1.807, 2.05) is 0 Å². The molecule has 0 saturated heterocycles. The molecule has 1 saturated carbocycles. The van der Waals surface area contributed by atoms with Gasteiger partial charge < -0.3 is 0 Å². The zero-order chi connectivity index (χ0) is 19.1. The highest BCUT2D eigenvalue weighted by Crippen LogP contribution is 2.37. The van der Waals surface area contributed by atoms with E-state index >= 15 is 0 Å². The molecule has 0 spiro atoms. The summed E-state index contributed by atoms with van der Waals surface area (Å²) in [5, 5.41) is 0.459. The van der Waals surface area contributed by atoms with Crippen LogP contribution in [0.4, 0.5) is 4.39 Å². The van der Waals surface area contributed by atoms with Crippen molar-refractivity contribution in [3.8, 4) is 0 Å². The fourth-order valence-electron chi connectivity index (χ4n) is 4.43. The van der Waals surface area contributed by atoms with Gasteiger partial charge in [0.15, 0.2) is 0 Å². The van der Waals surface area contributed by atoms with Crippen molar-refractivity contribution in [1.82, 2.24) is 0 Å². The fraction of sp³-hybridized carbons (Fsp3) is 0.520. The van der Waals surface area contributed by atoms with Crippen LogP contribution in [-0.2, 0) is 12.8 Å². The molecule has 0 heterocycles. The van der Waals surface area contributed by atoms with Crippen molar-refractivity contribution < 1.29 is 4.39 Å². The summed E-state index contributed by atoms with van der Waals surface area (Å²) < 4.78 is 13.9. The maximum absolute atomic E-state index is 13.9. The fourth-order valence-corrected chi connectivity index (χ4v) is 4.59. The molecule has 2 aromatic rings. The normalized spacial score (nSPS) is 20.0. The number of hydrogen-bond donors (Lipinski definition) is 0. The molecule has 0 nitrogen and oxygen atoms in total. The predicted molar refractivity (Wildman–Crippen MR) is 114 cm³/mol. The van der Waals surface area contributed by atoms with Crippen LogP contribution in [0.2, 0.25) is 5.02 Å². The van der Waals surface area contributed by atoms with Crippen molar-refractivity contribution in [1.29, 1.82) is 0 Å². The number of aryl methyl sites for hydroxylation is 2. The van der Waals surface area contributed by atoms with E-state index in [1.165, 1.54) is 68.6 Å². The standard InChI is InChI=1S/C25H32ClF/c1-2-3-4-5-19-6-11-21(12-7-19)22-13-8-20(9-14-22)10-15-23-16-17-24(26)18-25(23)27/h8-9,13-14,16-19,21H,2-7,10-12,15H2,1H3. The van der Waals surface area contributed by atoms with Crippen molar-refractivity contribution in [2.75, 3.05) is 0 Å². The Labute approximate surface area is 169 Å². The molecule has 27 heavy (non-hydrogen) atoms. The number of unbranched alkanes of at least 4 members (excludes halogenated alkanes) is 2. The molecule has 3 rings (SSSR count). The van der Waals surface area contributed by atoms with Gasteiger partial charge in [-0.1, -0.05) is 74.5 Å². The molecule has 0 amide bonds. The molecule has 1 aliphatic rings. The summed E-state index contributed by atoms with van der Waals surface area (Å²) in [5.74, 6) is 1.49. The van der Waals surface area contributed by atoms with E-state index < -0.39 is 0 Å². The SMILES string of the molecule is CCCCCC1CCC(c2ccc(CCc3ccc(Cl)cc3F)cc2)CC1. The highest BCUT2D eigenvalue weighted by Gasteiger charge is 2.21. The van der Waals surface area contributed by atoms with Crippen LogP contribution in [0.15, 0.2) is 42.5 Å². The average Bonchev–Trinajstić information content (AvgIpc) is 2.69. The molecule has 0 radical (unpaired) electrons. The first-order valence-electron chi connectivity index (χ1n) is 10.7. The Morgan fingerprint density at radius 2 is 1.67 bits per heavy atom. The maximum Gasteiger partial charge on any atom is 0.127 e. The van der Waals surface area contributed by atoms with Gasteiger partial charge >= 0.3 is 0 Å². The summed E-state index contributed by atoms with van der Waals surface area (Å²) in [6, 6.07) is 14.0. The lowest BCUT2D eigenvalue weighted by atomic mass is 9.77. The van der Waals surface area contributed by atoms with Gasteiger partial charge in [-0.3, -0.25) is 0 Å². The quantitative estimate of drug-likeness (QED) is 0.402. The average molecular weight is 387 g/mol. The molecular formula is C25H32ClF. The number of hydrogen-bond acceptors (Lipinski definition) is 0. The lowest BCUT2D eigenvalue weighted by Crippen LogP contribution is -2.13. The van der Waals surface area contributed by atoms with Crippen molar-refractivity contribution in [3.63, 3.8) is 0 Å². The van der Waals surface area contributed by atoms with Gasteiger partial charge in [0, 0.05) is 5.02 Å². The Balaban J connectivity index is 1.47. The second kappa shape index (κ2) is 10.3. The van der Waals surface area contributed by atoms with Gasteiger partial charge in [-0.2, -0.15) is 0 Å². The molecule has 0 aromatic heterocycles. The van der Waals surface area contributed by atoms with Crippen LogP contribution >= 0.6 is 11.6 Å². The van der Waals surface area contributed by atoms with Crippen molar-refractivity contribution in [2.24, 2.45) is 5.92 Å². The molecule has 2 aromatic carbocycles. The summed E-state index contributed by atoms with van der Waals surface area (Å²) in [4.78, 5) is 0. The van der Waals surface area contributed by atoms with Gasteiger partial charge in [-0.05, 0) is 79.2 Å². The van der Waals surface area contributed by atoms with E-state index in [0.717, 1.165) is 23.8 Å². The molecule has 146 valence electrons. The molecule has 0 bridgehead atoms. The third-order valence-corrected chi connectivity index (χ3v) is 6.45. The number of rotatable bonds is 8. The Bertz CT molecular complexity index is 699. The van der Waals surface area contributed by atoms with E-state index in [2.05, 4.69) is 31.2 Å². The van der Waals surface area contributed by atoms with Gasteiger partial charge in [-0.15, -0.1) is 0 Å². The molecule has 2 heteroatoms. The second-order valence-corrected chi connectivity index (χ2v) is 8.63. The first-order chi connectivity index (χ1) is 13.2. The minimum atomic E-state index is -0.199. The summed E-state index contributed by atoms with van der Waals surface area (Å²) >= 11 is 5.83. The zero-order valence-electron chi connectivity index (χ0n) is 16.5. The van der Waals surface area contributed by atoms with Crippen molar-refractivity contribution in [2.45, 2.75) is 77.0 Å². The van der Waals surface area contributed by atoms with Crippen LogP contribution in [0.5, 0.6) is 0 Å². The molecular weight excluding hydrogens is 355 g/mol. The first kappa shape index (κ1) is 20.4. The van der Waals surface area contributed by atoms with Crippen LogP contribution in [0.3, 0.4) is 0 Å². The van der Waals surface area contributed by atoms with Crippen LogP contribution in [-0.4, -0.2) is 0 Å². The lowest BCUT2D eigenvalue weighted by molar-refractivity contribution is 0.303. The predicted octanol–water partition coefficient (Wildman–Crippen LogP) is 8.12. The molecule has 0 aliphatic heterocycles. The Morgan fingerprint density at radius 1 is 0.926 bits per heavy atom. The van der Waals surface area contributed by atoms with Crippen LogP contribution in [0.25, 0.3) is 0 Å². The third kappa shape index (κ3) is 6.07. The smallest absolute Gasteiger partial charge is 0.127 e. The number of benzene rings is 2. The highest BCUT2D eigenvalue weighted by atomic mass is 35.5. The second-order valence-electron chi connectivity index (χ2n) is 8.19. The third-order valence-electron chi connectivity index (χ3n) is 6.21. The monoisotopic (exact) mass is 386 g/mol. The largest absolute Gasteiger partial charge is 0.207 e. The Hall–Kier alpha value is -1.34.